The fourth-order valence-electron chi connectivity index (χ4n) is 1.51. The highest BCUT2D eigenvalue weighted by Gasteiger charge is 2.15. The Kier molecular flexibility index (Phi) is 2.70. The lowest BCUT2D eigenvalue weighted by molar-refractivity contribution is 0.1000. The van der Waals surface area contributed by atoms with Crippen molar-refractivity contribution in [3.8, 4) is 11.5 Å². The Labute approximate surface area is 97.7 Å². The highest BCUT2D eigenvalue weighted by Crippen LogP contribution is 2.18. The largest absolute Gasteiger partial charge is 0.383 e. The topological polar surface area (TPSA) is 108 Å². The number of hydrogen-bond donors (Lipinski definition) is 2. The van der Waals surface area contributed by atoms with E-state index in [0.29, 0.717) is 17.2 Å². The van der Waals surface area contributed by atoms with E-state index in [-0.39, 0.29) is 11.4 Å². The molecule has 2 aromatic rings. The van der Waals surface area contributed by atoms with Gasteiger partial charge in [0.2, 0.25) is 0 Å². The molecule has 2 rings (SSSR count). The van der Waals surface area contributed by atoms with Gasteiger partial charge in [-0.25, -0.2) is 9.97 Å². The summed E-state index contributed by atoms with van der Waals surface area (Å²) in [7, 11) is 0. The number of nitrogens with two attached hydrogens (primary N) is 2. The molecule has 0 atom stereocenters. The van der Waals surface area contributed by atoms with Gasteiger partial charge in [-0.3, -0.25) is 9.78 Å². The number of aryl methyl sites for hydroxylation is 1. The van der Waals surface area contributed by atoms with Gasteiger partial charge in [0.25, 0.3) is 5.91 Å². The molecule has 6 heteroatoms. The van der Waals surface area contributed by atoms with Crippen LogP contribution in [0.1, 0.15) is 16.1 Å². The molecule has 6 nitrogen and oxygen atoms in total. The van der Waals surface area contributed by atoms with Gasteiger partial charge in [-0.1, -0.05) is 6.07 Å². The molecule has 0 aromatic carbocycles. The van der Waals surface area contributed by atoms with Crippen LogP contribution in [0.4, 0.5) is 5.82 Å². The zero-order valence-electron chi connectivity index (χ0n) is 9.21. The van der Waals surface area contributed by atoms with Crippen molar-refractivity contribution >= 4 is 11.7 Å². The minimum Gasteiger partial charge on any atom is -0.383 e. The van der Waals surface area contributed by atoms with Gasteiger partial charge < -0.3 is 11.5 Å². The molecule has 0 aliphatic heterocycles. The average molecular weight is 229 g/mol. The third-order valence-electron chi connectivity index (χ3n) is 2.26. The molecule has 2 aromatic heterocycles. The zero-order valence-corrected chi connectivity index (χ0v) is 9.21. The smallest absolute Gasteiger partial charge is 0.254 e. The second-order valence-corrected chi connectivity index (χ2v) is 3.47. The molecule has 17 heavy (non-hydrogen) atoms. The van der Waals surface area contributed by atoms with Crippen LogP contribution < -0.4 is 11.5 Å². The van der Waals surface area contributed by atoms with E-state index in [1.807, 2.05) is 6.07 Å². The van der Waals surface area contributed by atoms with Gasteiger partial charge in [0.15, 0.2) is 5.82 Å². The lowest BCUT2D eigenvalue weighted by Crippen LogP contribution is -2.17. The predicted molar refractivity (Wildman–Crippen MR) is 62.9 cm³/mol. The van der Waals surface area contributed by atoms with Crippen LogP contribution in [0.25, 0.3) is 11.5 Å². The Morgan fingerprint density at radius 3 is 2.59 bits per heavy atom. The van der Waals surface area contributed by atoms with Crippen molar-refractivity contribution in [3.05, 3.63) is 35.7 Å². The molecule has 0 aliphatic carbocycles. The summed E-state index contributed by atoms with van der Waals surface area (Å²) in [6.07, 6.45) is 1.63. The Morgan fingerprint density at radius 2 is 2.06 bits per heavy atom. The number of rotatable bonds is 2. The van der Waals surface area contributed by atoms with Gasteiger partial charge in [-0.05, 0) is 19.1 Å². The van der Waals surface area contributed by atoms with Crippen LogP contribution in [0, 0.1) is 6.92 Å². The Morgan fingerprint density at radius 1 is 1.29 bits per heavy atom. The first kappa shape index (κ1) is 11.0. The monoisotopic (exact) mass is 229 g/mol. The number of anilines is 1. The van der Waals surface area contributed by atoms with Crippen LogP contribution in [0.2, 0.25) is 0 Å². The van der Waals surface area contributed by atoms with Crippen molar-refractivity contribution in [2.45, 2.75) is 6.92 Å². The molecule has 0 saturated heterocycles. The van der Waals surface area contributed by atoms with Crippen molar-refractivity contribution < 1.29 is 4.79 Å². The molecule has 0 radical (unpaired) electrons. The third-order valence-corrected chi connectivity index (χ3v) is 2.26. The van der Waals surface area contributed by atoms with E-state index in [1.165, 1.54) is 0 Å². The summed E-state index contributed by atoms with van der Waals surface area (Å²) in [6, 6.07) is 5.37. The molecule has 0 unspecified atom stereocenters. The lowest BCUT2D eigenvalue weighted by Gasteiger charge is -2.06. The van der Waals surface area contributed by atoms with Crippen molar-refractivity contribution in [1.29, 1.82) is 0 Å². The van der Waals surface area contributed by atoms with Crippen LogP contribution >= 0.6 is 0 Å². The van der Waals surface area contributed by atoms with Gasteiger partial charge in [-0.2, -0.15) is 0 Å². The standard InChI is InChI=1S/C11H11N5O/c1-6-8(10(13)17)9(12)16-11(15-6)7-4-2-3-5-14-7/h2-5H,1H3,(H2,13,17)(H2,12,15,16). The second-order valence-electron chi connectivity index (χ2n) is 3.47. The van der Waals surface area contributed by atoms with Crippen molar-refractivity contribution in [2.24, 2.45) is 5.73 Å². The molecular formula is C11H11N5O. The van der Waals surface area contributed by atoms with E-state index >= 15 is 0 Å². The van der Waals surface area contributed by atoms with E-state index in [0.717, 1.165) is 0 Å². The number of hydrogen-bond acceptors (Lipinski definition) is 5. The van der Waals surface area contributed by atoms with E-state index in [4.69, 9.17) is 11.5 Å². The maximum atomic E-state index is 11.1. The molecule has 0 fully saturated rings. The zero-order chi connectivity index (χ0) is 12.4. The molecule has 1 amide bonds. The highest BCUT2D eigenvalue weighted by molar-refractivity contribution is 5.98. The maximum Gasteiger partial charge on any atom is 0.254 e. The summed E-state index contributed by atoms with van der Waals surface area (Å²) < 4.78 is 0. The van der Waals surface area contributed by atoms with Gasteiger partial charge in [0.1, 0.15) is 17.1 Å². The number of amides is 1. The number of aromatic nitrogens is 3. The van der Waals surface area contributed by atoms with E-state index in [2.05, 4.69) is 15.0 Å². The molecule has 2 heterocycles. The number of carbonyl (C=O) groups excluding carboxylic acids is 1. The predicted octanol–water partition coefficient (Wildman–Crippen LogP) is 0.528. The molecule has 0 saturated carbocycles. The number of nitrogens with zero attached hydrogens (tertiary/aromatic N) is 3. The molecule has 86 valence electrons. The summed E-state index contributed by atoms with van der Waals surface area (Å²) in [4.78, 5) is 23.4. The number of pyridine rings is 1. The summed E-state index contributed by atoms with van der Waals surface area (Å²) >= 11 is 0. The van der Waals surface area contributed by atoms with Gasteiger partial charge in [0, 0.05) is 6.20 Å². The number of primary amides is 1. The summed E-state index contributed by atoms with van der Waals surface area (Å²) in [5.41, 5.74) is 12.1. The average Bonchev–Trinajstić information content (AvgIpc) is 2.28. The quantitative estimate of drug-likeness (QED) is 0.780. The number of nitrogen functional groups attached to an aromatic ring is 1. The van der Waals surface area contributed by atoms with Crippen LogP contribution in [0.3, 0.4) is 0 Å². The van der Waals surface area contributed by atoms with Crippen molar-refractivity contribution in [3.63, 3.8) is 0 Å². The number of carbonyl (C=O) groups is 1. The van der Waals surface area contributed by atoms with Crippen LogP contribution in [0.5, 0.6) is 0 Å². The van der Waals surface area contributed by atoms with Crippen LogP contribution in [-0.4, -0.2) is 20.9 Å². The molecule has 0 aliphatic rings. The molecule has 0 bridgehead atoms. The van der Waals surface area contributed by atoms with E-state index in [1.54, 1.807) is 25.3 Å². The summed E-state index contributed by atoms with van der Waals surface area (Å²) in [6.45, 7) is 1.66. The van der Waals surface area contributed by atoms with Crippen molar-refractivity contribution in [1.82, 2.24) is 15.0 Å². The highest BCUT2D eigenvalue weighted by atomic mass is 16.1. The van der Waals surface area contributed by atoms with Gasteiger partial charge in [0.05, 0.1) is 5.69 Å². The van der Waals surface area contributed by atoms with E-state index in [9.17, 15) is 4.79 Å². The SMILES string of the molecule is Cc1nc(-c2ccccn2)nc(N)c1C(N)=O. The fourth-order valence-corrected chi connectivity index (χ4v) is 1.51. The summed E-state index contributed by atoms with van der Waals surface area (Å²) in [5.74, 6) is -0.177. The van der Waals surface area contributed by atoms with Crippen LogP contribution in [-0.2, 0) is 0 Å². The third kappa shape index (κ3) is 2.05. The van der Waals surface area contributed by atoms with Gasteiger partial charge >= 0.3 is 0 Å². The lowest BCUT2D eigenvalue weighted by atomic mass is 10.2. The Bertz CT molecular complexity index is 544. The first-order chi connectivity index (χ1) is 8.09. The first-order valence-electron chi connectivity index (χ1n) is 4.95. The molecule has 4 N–H and O–H groups in total. The van der Waals surface area contributed by atoms with Crippen LogP contribution in [0.15, 0.2) is 24.4 Å². The minimum atomic E-state index is -0.632. The fraction of sp³-hybridized carbons (Fsp3) is 0.0909. The second kappa shape index (κ2) is 4.17. The molecular weight excluding hydrogens is 218 g/mol. The Hall–Kier alpha value is -2.50. The molecule has 0 spiro atoms. The Balaban J connectivity index is 2.57. The normalized spacial score (nSPS) is 10.2. The maximum absolute atomic E-state index is 11.1. The first-order valence-corrected chi connectivity index (χ1v) is 4.95. The minimum absolute atomic E-state index is 0.0747. The van der Waals surface area contributed by atoms with E-state index < -0.39 is 5.91 Å². The van der Waals surface area contributed by atoms with Crippen molar-refractivity contribution in [2.75, 3.05) is 5.73 Å². The summed E-state index contributed by atoms with van der Waals surface area (Å²) in [5, 5.41) is 0. The van der Waals surface area contributed by atoms with Gasteiger partial charge in [-0.15, -0.1) is 0 Å².